The van der Waals surface area contributed by atoms with E-state index in [-0.39, 0.29) is 18.6 Å². The van der Waals surface area contributed by atoms with Gasteiger partial charge in [-0.2, -0.15) is 0 Å². The molecule has 0 N–H and O–H groups in total. The van der Waals surface area contributed by atoms with Crippen molar-refractivity contribution < 1.29 is 19.1 Å². The third-order valence-corrected chi connectivity index (χ3v) is 5.47. The van der Waals surface area contributed by atoms with Gasteiger partial charge in [-0.15, -0.1) is 0 Å². The Hall–Kier alpha value is -2.41. The lowest BCUT2D eigenvalue weighted by Gasteiger charge is -2.30. The van der Waals surface area contributed by atoms with Gasteiger partial charge >= 0.3 is 5.97 Å². The molecule has 1 amide bonds. The number of hydrogen-bond acceptors (Lipinski definition) is 5. The molecular weight excluding hydrogens is 364 g/mol. The first-order valence-electron chi connectivity index (χ1n) is 9.14. The lowest BCUT2D eigenvalue weighted by atomic mass is 9.94. The van der Waals surface area contributed by atoms with Crippen LogP contribution in [0.5, 0.6) is 5.75 Å². The van der Waals surface area contributed by atoms with Gasteiger partial charge in [0.15, 0.2) is 11.7 Å². The summed E-state index contributed by atoms with van der Waals surface area (Å²) in [5.74, 6) is 0.101. The summed E-state index contributed by atoms with van der Waals surface area (Å²) in [5, 5.41) is 0.580. The van der Waals surface area contributed by atoms with Gasteiger partial charge in [0.25, 0.3) is 5.91 Å². The molecule has 0 unspecified atom stereocenters. The first-order valence-corrected chi connectivity index (χ1v) is 9.54. The molecule has 1 aliphatic heterocycles. The maximum Gasteiger partial charge on any atom is 0.343 e. The standard InChI is InChI=1S/C20H24N2O4S/c1-21-17(19(24)22(20(21)27)15-6-4-3-5-7-15)12-14-8-10-16(11-9-14)26-13-18(23)25-2/h8-12,15H,3-7,13H2,1-2H3/b17-12-. The van der Waals surface area contributed by atoms with Gasteiger partial charge in [0.1, 0.15) is 11.4 Å². The van der Waals surface area contributed by atoms with Gasteiger partial charge in [0.2, 0.25) is 0 Å². The number of nitrogens with zero attached hydrogens (tertiary/aromatic N) is 2. The van der Waals surface area contributed by atoms with Crippen LogP contribution in [0.15, 0.2) is 30.0 Å². The van der Waals surface area contributed by atoms with Crippen molar-refractivity contribution in [3.05, 3.63) is 35.5 Å². The Bertz CT molecular complexity index is 754. The highest BCUT2D eigenvalue weighted by Crippen LogP contribution is 2.30. The van der Waals surface area contributed by atoms with E-state index in [1.165, 1.54) is 13.5 Å². The zero-order valence-corrected chi connectivity index (χ0v) is 16.5. The summed E-state index contributed by atoms with van der Waals surface area (Å²) in [4.78, 5) is 27.7. The molecule has 1 heterocycles. The average Bonchev–Trinajstić information content (AvgIpc) is 2.91. The van der Waals surface area contributed by atoms with Crippen molar-refractivity contribution >= 4 is 35.3 Å². The van der Waals surface area contributed by atoms with Gasteiger partial charge in [-0.05, 0) is 48.8 Å². The van der Waals surface area contributed by atoms with E-state index in [1.54, 1.807) is 21.9 Å². The van der Waals surface area contributed by atoms with Crippen molar-refractivity contribution in [1.82, 2.24) is 9.80 Å². The van der Waals surface area contributed by atoms with Crippen LogP contribution in [0, 0.1) is 0 Å². The highest BCUT2D eigenvalue weighted by molar-refractivity contribution is 7.80. The summed E-state index contributed by atoms with van der Waals surface area (Å²) in [6.45, 7) is -0.136. The number of benzene rings is 1. The molecule has 6 nitrogen and oxygen atoms in total. The lowest BCUT2D eigenvalue weighted by molar-refractivity contribution is -0.142. The second-order valence-corrected chi connectivity index (χ2v) is 7.14. The Balaban J connectivity index is 1.73. The van der Waals surface area contributed by atoms with E-state index in [0.717, 1.165) is 31.2 Å². The second-order valence-electron chi connectivity index (χ2n) is 6.77. The van der Waals surface area contributed by atoms with Crippen molar-refractivity contribution in [3.63, 3.8) is 0 Å². The molecule has 2 aliphatic rings. The van der Waals surface area contributed by atoms with Crippen LogP contribution in [-0.4, -0.2) is 53.6 Å². The van der Waals surface area contributed by atoms with Crippen LogP contribution in [0.3, 0.4) is 0 Å². The molecule has 144 valence electrons. The molecular formula is C20H24N2O4S. The fraction of sp³-hybridized carbons (Fsp3) is 0.450. The molecule has 7 heteroatoms. The molecule has 1 saturated carbocycles. The van der Waals surface area contributed by atoms with Gasteiger partial charge in [-0.3, -0.25) is 9.69 Å². The third-order valence-electron chi connectivity index (χ3n) is 5.00. The van der Waals surface area contributed by atoms with Crippen molar-refractivity contribution in [3.8, 4) is 5.75 Å². The van der Waals surface area contributed by atoms with Crippen molar-refractivity contribution in [1.29, 1.82) is 0 Å². The van der Waals surface area contributed by atoms with Gasteiger partial charge < -0.3 is 14.4 Å². The Morgan fingerprint density at radius 1 is 1.22 bits per heavy atom. The number of thiocarbonyl (C=S) groups is 1. The number of likely N-dealkylation sites (N-methyl/N-ethyl adjacent to an activating group) is 1. The van der Waals surface area contributed by atoms with Crippen LogP contribution in [0.25, 0.3) is 6.08 Å². The summed E-state index contributed by atoms with van der Waals surface area (Å²) in [6.07, 6.45) is 7.38. The van der Waals surface area contributed by atoms with Crippen LogP contribution < -0.4 is 4.74 Å². The number of ether oxygens (including phenoxy) is 2. The molecule has 1 aliphatic carbocycles. The second kappa shape index (κ2) is 8.52. The van der Waals surface area contributed by atoms with Crippen LogP contribution in [0.2, 0.25) is 0 Å². The highest BCUT2D eigenvalue weighted by atomic mass is 32.1. The maximum atomic E-state index is 13.0. The molecule has 1 aromatic rings. The normalized spacial score (nSPS) is 19.7. The topological polar surface area (TPSA) is 59.1 Å². The minimum absolute atomic E-state index is 0.0274. The summed E-state index contributed by atoms with van der Waals surface area (Å²) >= 11 is 5.53. The molecule has 3 rings (SSSR count). The first-order chi connectivity index (χ1) is 13.0. The molecule has 0 spiro atoms. The Labute approximate surface area is 164 Å². The van der Waals surface area contributed by atoms with E-state index in [2.05, 4.69) is 4.74 Å². The zero-order valence-electron chi connectivity index (χ0n) is 15.6. The number of rotatable bonds is 5. The zero-order chi connectivity index (χ0) is 19.4. The smallest absolute Gasteiger partial charge is 0.343 e. The Morgan fingerprint density at radius 3 is 2.52 bits per heavy atom. The maximum absolute atomic E-state index is 13.0. The lowest BCUT2D eigenvalue weighted by Crippen LogP contribution is -2.41. The highest BCUT2D eigenvalue weighted by Gasteiger charge is 2.40. The molecule has 27 heavy (non-hydrogen) atoms. The van der Waals surface area contributed by atoms with Gasteiger partial charge in [-0.1, -0.05) is 31.4 Å². The predicted octanol–water partition coefficient (Wildman–Crippen LogP) is 2.97. The number of hydrogen-bond donors (Lipinski definition) is 0. The number of carbonyl (C=O) groups excluding carboxylic acids is 2. The molecule has 2 fully saturated rings. The van der Waals surface area contributed by atoms with Crippen molar-refractivity contribution in [2.75, 3.05) is 20.8 Å². The van der Waals surface area contributed by atoms with E-state index in [1.807, 2.05) is 25.3 Å². The summed E-state index contributed by atoms with van der Waals surface area (Å²) in [6, 6.07) is 7.40. The SMILES string of the molecule is COC(=O)COc1ccc(/C=C2/C(=O)N(C3CCCCC3)C(=S)N2C)cc1. The van der Waals surface area contributed by atoms with E-state index < -0.39 is 5.97 Å². The Morgan fingerprint density at radius 2 is 1.89 bits per heavy atom. The fourth-order valence-corrected chi connectivity index (χ4v) is 3.79. The largest absolute Gasteiger partial charge is 0.482 e. The molecule has 0 bridgehead atoms. The molecule has 0 atom stereocenters. The molecule has 1 aromatic carbocycles. The molecule has 0 aromatic heterocycles. The van der Waals surface area contributed by atoms with E-state index >= 15 is 0 Å². The van der Waals surface area contributed by atoms with Gasteiger partial charge in [0.05, 0.1) is 7.11 Å². The van der Waals surface area contributed by atoms with Crippen LogP contribution >= 0.6 is 12.2 Å². The van der Waals surface area contributed by atoms with Crippen LogP contribution in [0.4, 0.5) is 0 Å². The van der Waals surface area contributed by atoms with E-state index in [0.29, 0.717) is 16.6 Å². The summed E-state index contributed by atoms with van der Waals surface area (Å²) < 4.78 is 9.88. The molecule has 1 saturated heterocycles. The monoisotopic (exact) mass is 388 g/mol. The van der Waals surface area contributed by atoms with Crippen molar-refractivity contribution in [2.45, 2.75) is 38.1 Å². The van der Waals surface area contributed by atoms with Crippen LogP contribution in [0.1, 0.15) is 37.7 Å². The summed E-state index contributed by atoms with van der Waals surface area (Å²) in [7, 11) is 3.15. The van der Waals surface area contributed by atoms with Gasteiger partial charge in [-0.25, -0.2) is 4.79 Å². The summed E-state index contributed by atoms with van der Waals surface area (Å²) in [5.41, 5.74) is 1.44. The number of amides is 1. The predicted molar refractivity (Wildman–Crippen MR) is 106 cm³/mol. The Kier molecular flexibility index (Phi) is 6.11. The van der Waals surface area contributed by atoms with Crippen molar-refractivity contribution in [2.24, 2.45) is 0 Å². The third kappa shape index (κ3) is 4.30. The molecule has 0 radical (unpaired) electrons. The van der Waals surface area contributed by atoms with E-state index in [9.17, 15) is 9.59 Å². The van der Waals surface area contributed by atoms with Gasteiger partial charge in [0, 0.05) is 13.1 Å². The van der Waals surface area contributed by atoms with Crippen LogP contribution in [-0.2, 0) is 14.3 Å². The minimum Gasteiger partial charge on any atom is -0.482 e. The first kappa shape index (κ1) is 19.4. The average molecular weight is 388 g/mol. The number of methoxy groups -OCH3 is 1. The minimum atomic E-state index is -0.435. The number of carbonyl (C=O) groups is 2. The fourth-order valence-electron chi connectivity index (χ4n) is 3.46. The van der Waals surface area contributed by atoms with E-state index in [4.69, 9.17) is 17.0 Å². The quantitative estimate of drug-likeness (QED) is 0.439. The number of esters is 1.